The fraction of sp³-hybridized carbons (Fsp3) is 0.409. The molecule has 1 unspecified atom stereocenters. The number of para-hydroxylation sites is 1. The zero-order chi connectivity index (χ0) is 18.4. The lowest BCUT2D eigenvalue weighted by Crippen LogP contribution is -2.42. The molecule has 4 nitrogen and oxygen atoms in total. The van der Waals surface area contributed by atoms with Crippen LogP contribution in [0.5, 0.6) is 5.75 Å². The van der Waals surface area contributed by atoms with Gasteiger partial charge in [0.15, 0.2) is 0 Å². The Balaban J connectivity index is 1.55. The van der Waals surface area contributed by atoms with E-state index in [9.17, 15) is 4.79 Å². The number of amides is 1. The molecule has 1 fully saturated rings. The summed E-state index contributed by atoms with van der Waals surface area (Å²) < 4.78 is 5.36. The smallest absolute Gasteiger partial charge is 0.224 e. The standard InChI is InChI=1S/C22H28N2O2/c1-17-8-3-4-10-19(17)15-24-13-7-11-20(16-24)22(25)23-14-18-9-5-6-12-21(18)26-2/h3-6,8-10,12,20H,7,11,13-16H2,1-2H3,(H,23,25). The molecule has 1 heterocycles. The van der Waals surface area contributed by atoms with Crippen LogP contribution in [0.25, 0.3) is 0 Å². The molecule has 0 aliphatic carbocycles. The highest BCUT2D eigenvalue weighted by Crippen LogP contribution is 2.21. The Morgan fingerprint density at radius 2 is 1.88 bits per heavy atom. The van der Waals surface area contributed by atoms with Crippen molar-refractivity contribution in [1.29, 1.82) is 0 Å². The van der Waals surface area contributed by atoms with E-state index >= 15 is 0 Å². The molecule has 3 rings (SSSR count). The zero-order valence-electron chi connectivity index (χ0n) is 15.7. The van der Waals surface area contributed by atoms with Gasteiger partial charge in [0.05, 0.1) is 13.0 Å². The highest BCUT2D eigenvalue weighted by Gasteiger charge is 2.26. The van der Waals surface area contributed by atoms with Crippen molar-refractivity contribution in [3.8, 4) is 5.75 Å². The molecule has 0 radical (unpaired) electrons. The molecule has 0 bridgehead atoms. The van der Waals surface area contributed by atoms with Gasteiger partial charge in [-0.1, -0.05) is 42.5 Å². The quantitative estimate of drug-likeness (QED) is 0.865. The highest BCUT2D eigenvalue weighted by atomic mass is 16.5. The van der Waals surface area contributed by atoms with E-state index in [0.717, 1.165) is 43.8 Å². The zero-order valence-corrected chi connectivity index (χ0v) is 15.7. The number of carbonyl (C=O) groups is 1. The molecule has 4 heteroatoms. The van der Waals surface area contributed by atoms with Crippen molar-refractivity contribution in [3.05, 3.63) is 65.2 Å². The van der Waals surface area contributed by atoms with Gasteiger partial charge in [-0.2, -0.15) is 0 Å². The molecular weight excluding hydrogens is 324 g/mol. The third-order valence-corrected chi connectivity index (χ3v) is 5.18. The number of nitrogens with zero attached hydrogens (tertiary/aromatic N) is 1. The number of piperidine rings is 1. The van der Waals surface area contributed by atoms with Crippen molar-refractivity contribution in [2.75, 3.05) is 20.2 Å². The summed E-state index contributed by atoms with van der Waals surface area (Å²) in [4.78, 5) is 15.1. The Morgan fingerprint density at radius 3 is 2.65 bits per heavy atom. The van der Waals surface area contributed by atoms with Crippen molar-refractivity contribution in [1.82, 2.24) is 10.2 Å². The van der Waals surface area contributed by atoms with Crippen LogP contribution in [-0.4, -0.2) is 31.0 Å². The number of aryl methyl sites for hydroxylation is 1. The van der Waals surface area contributed by atoms with Crippen LogP contribution in [0.2, 0.25) is 0 Å². The molecule has 1 N–H and O–H groups in total. The van der Waals surface area contributed by atoms with Gasteiger partial charge in [0, 0.05) is 25.2 Å². The first-order valence-corrected chi connectivity index (χ1v) is 9.34. The molecule has 26 heavy (non-hydrogen) atoms. The summed E-state index contributed by atoms with van der Waals surface area (Å²) in [6.07, 6.45) is 2.03. The molecule has 2 aromatic rings. The monoisotopic (exact) mass is 352 g/mol. The molecule has 138 valence electrons. The van der Waals surface area contributed by atoms with E-state index in [1.807, 2.05) is 24.3 Å². The summed E-state index contributed by atoms with van der Waals surface area (Å²) in [5, 5.41) is 3.09. The molecule has 1 aliphatic rings. The molecule has 2 aromatic carbocycles. The van der Waals surface area contributed by atoms with Gasteiger partial charge in [-0.15, -0.1) is 0 Å². The maximum atomic E-state index is 12.7. The molecule has 0 aromatic heterocycles. The lowest BCUT2D eigenvalue weighted by Gasteiger charge is -2.32. The van der Waals surface area contributed by atoms with Gasteiger partial charge in [-0.25, -0.2) is 0 Å². The molecule has 0 spiro atoms. The first-order valence-electron chi connectivity index (χ1n) is 9.34. The minimum Gasteiger partial charge on any atom is -0.496 e. The number of hydrogen-bond acceptors (Lipinski definition) is 3. The summed E-state index contributed by atoms with van der Waals surface area (Å²) in [5.74, 6) is 1.02. The molecule has 1 saturated heterocycles. The number of likely N-dealkylation sites (tertiary alicyclic amines) is 1. The maximum absolute atomic E-state index is 12.7. The molecular formula is C22H28N2O2. The fourth-order valence-corrected chi connectivity index (χ4v) is 3.62. The van der Waals surface area contributed by atoms with Gasteiger partial charge in [0.1, 0.15) is 5.75 Å². The average molecular weight is 352 g/mol. The van der Waals surface area contributed by atoms with Crippen molar-refractivity contribution < 1.29 is 9.53 Å². The highest BCUT2D eigenvalue weighted by molar-refractivity contribution is 5.79. The predicted molar refractivity (Wildman–Crippen MR) is 104 cm³/mol. The number of carbonyl (C=O) groups excluding carboxylic acids is 1. The van der Waals surface area contributed by atoms with Crippen LogP contribution >= 0.6 is 0 Å². The summed E-state index contributed by atoms with van der Waals surface area (Å²) >= 11 is 0. The minimum atomic E-state index is 0.0578. The van der Waals surface area contributed by atoms with Crippen molar-refractivity contribution in [3.63, 3.8) is 0 Å². The first-order chi connectivity index (χ1) is 12.7. The van der Waals surface area contributed by atoms with E-state index in [1.165, 1.54) is 11.1 Å². The normalized spacial score (nSPS) is 17.7. The topological polar surface area (TPSA) is 41.6 Å². The largest absolute Gasteiger partial charge is 0.496 e. The third-order valence-electron chi connectivity index (χ3n) is 5.18. The average Bonchev–Trinajstić information content (AvgIpc) is 2.68. The third kappa shape index (κ3) is 4.64. The number of hydrogen-bond donors (Lipinski definition) is 1. The van der Waals surface area contributed by atoms with E-state index in [1.54, 1.807) is 7.11 Å². The Kier molecular flexibility index (Phi) is 6.29. The Morgan fingerprint density at radius 1 is 1.15 bits per heavy atom. The van der Waals surface area contributed by atoms with E-state index in [-0.39, 0.29) is 11.8 Å². The first kappa shape index (κ1) is 18.5. The van der Waals surface area contributed by atoms with Crippen molar-refractivity contribution >= 4 is 5.91 Å². The second-order valence-electron chi connectivity index (χ2n) is 7.03. The van der Waals surface area contributed by atoms with Crippen LogP contribution in [0.1, 0.15) is 29.5 Å². The molecule has 1 aliphatic heterocycles. The van der Waals surface area contributed by atoms with Gasteiger partial charge in [0.2, 0.25) is 5.91 Å². The molecule has 1 atom stereocenters. The van der Waals surface area contributed by atoms with Gasteiger partial charge < -0.3 is 10.1 Å². The van der Waals surface area contributed by atoms with Crippen LogP contribution in [0.4, 0.5) is 0 Å². The predicted octanol–water partition coefficient (Wildman–Crippen LogP) is 3.53. The van der Waals surface area contributed by atoms with E-state index in [2.05, 4.69) is 41.4 Å². The Bertz CT molecular complexity index is 744. The SMILES string of the molecule is COc1ccccc1CNC(=O)C1CCCN(Cc2ccccc2C)C1. The number of methoxy groups -OCH3 is 1. The van der Waals surface area contributed by atoms with E-state index < -0.39 is 0 Å². The van der Waals surface area contributed by atoms with Crippen molar-refractivity contribution in [2.24, 2.45) is 5.92 Å². The van der Waals surface area contributed by atoms with E-state index in [4.69, 9.17) is 4.74 Å². The number of benzene rings is 2. The van der Waals surface area contributed by atoms with Gasteiger partial charge in [-0.3, -0.25) is 9.69 Å². The van der Waals surface area contributed by atoms with Crippen LogP contribution in [0.15, 0.2) is 48.5 Å². The summed E-state index contributed by atoms with van der Waals surface area (Å²) in [6.45, 7) is 5.47. The maximum Gasteiger partial charge on any atom is 0.224 e. The van der Waals surface area contributed by atoms with Crippen molar-refractivity contribution in [2.45, 2.75) is 32.9 Å². The Hall–Kier alpha value is -2.33. The number of rotatable bonds is 6. The Labute approximate surface area is 156 Å². The summed E-state index contributed by atoms with van der Waals surface area (Å²) in [7, 11) is 1.66. The van der Waals surface area contributed by atoms with Gasteiger partial charge in [0.25, 0.3) is 0 Å². The summed E-state index contributed by atoms with van der Waals surface area (Å²) in [6, 6.07) is 16.3. The lowest BCUT2D eigenvalue weighted by atomic mass is 9.96. The van der Waals surface area contributed by atoms with Crippen LogP contribution < -0.4 is 10.1 Å². The minimum absolute atomic E-state index is 0.0578. The van der Waals surface area contributed by atoms with Gasteiger partial charge in [-0.05, 0) is 43.5 Å². The summed E-state index contributed by atoms with van der Waals surface area (Å²) in [5.41, 5.74) is 3.67. The molecule has 0 saturated carbocycles. The second-order valence-corrected chi connectivity index (χ2v) is 7.03. The lowest BCUT2D eigenvalue weighted by molar-refractivity contribution is -0.126. The van der Waals surface area contributed by atoms with Crippen LogP contribution in [-0.2, 0) is 17.9 Å². The van der Waals surface area contributed by atoms with Gasteiger partial charge >= 0.3 is 0 Å². The number of ether oxygens (including phenoxy) is 1. The fourth-order valence-electron chi connectivity index (χ4n) is 3.62. The van der Waals surface area contributed by atoms with E-state index in [0.29, 0.717) is 6.54 Å². The van der Waals surface area contributed by atoms with Crippen LogP contribution in [0, 0.1) is 12.8 Å². The molecule has 1 amide bonds. The van der Waals surface area contributed by atoms with Crippen LogP contribution in [0.3, 0.4) is 0 Å². The number of nitrogens with one attached hydrogen (secondary N) is 1. The second kappa shape index (κ2) is 8.86.